The summed E-state index contributed by atoms with van der Waals surface area (Å²) in [6.07, 6.45) is 4.91. The Balaban J connectivity index is 1.53. The normalized spacial score (nSPS) is 12.5. The minimum atomic E-state index is -0.474. The van der Waals surface area contributed by atoms with Crippen LogP contribution in [0.5, 0.6) is 0 Å². The average molecular weight is 372 g/mol. The molecule has 28 heavy (non-hydrogen) atoms. The Morgan fingerprint density at radius 1 is 0.893 bits per heavy atom. The summed E-state index contributed by atoms with van der Waals surface area (Å²) >= 11 is 0. The zero-order valence-electron chi connectivity index (χ0n) is 15.4. The van der Waals surface area contributed by atoms with Gasteiger partial charge in [0.05, 0.1) is 23.4 Å². The molecule has 0 saturated carbocycles. The van der Waals surface area contributed by atoms with E-state index in [2.05, 4.69) is 17.1 Å². The molecule has 0 unspecified atom stereocenters. The van der Waals surface area contributed by atoms with Gasteiger partial charge in [-0.05, 0) is 48.2 Å². The highest BCUT2D eigenvalue weighted by Crippen LogP contribution is 2.36. The maximum Gasteiger partial charge on any atom is 0.339 e. The Kier molecular flexibility index (Phi) is 5.15. The fourth-order valence-electron chi connectivity index (χ4n) is 3.46. The van der Waals surface area contributed by atoms with E-state index in [0.717, 1.165) is 35.3 Å². The van der Waals surface area contributed by atoms with Gasteiger partial charge in [0.2, 0.25) is 5.91 Å². The maximum absolute atomic E-state index is 13.1. The number of fused-ring (bicyclic) bond motifs is 2. The molecule has 1 aromatic heterocycles. The Bertz CT molecular complexity index is 954. The van der Waals surface area contributed by atoms with Crippen molar-refractivity contribution in [3.05, 3.63) is 89.7 Å². The first-order chi connectivity index (χ1) is 13.7. The fraction of sp³-hybridized carbons (Fsp3) is 0.174. The van der Waals surface area contributed by atoms with Crippen molar-refractivity contribution in [1.29, 1.82) is 0 Å². The van der Waals surface area contributed by atoms with Crippen molar-refractivity contribution in [1.82, 2.24) is 4.98 Å². The van der Waals surface area contributed by atoms with Crippen molar-refractivity contribution >= 4 is 23.3 Å². The molecule has 2 heterocycles. The van der Waals surface area contributed by atoms with Gasteiger partial charge in [0, 0.05) is 12.4 Å². The van der Waals surface area contributed by atoms with Gasteiger partial charge in [-0.25, -0.2) is 4.79 Å². The van der Waals surface area contributed by atoms with Gasteiger partial charge in [0.25, 0.3) is 0 Å². The molecular formula is C23H20N2O3. The number of nitrogens with zero attached hydrogens (tertiary/aromatic N) is 2. The summed E-state index contributed by atoms with van der Waals surface area (Å²) in [5, 5.41) is 0. The number of amides is 1. The molecular weight excluding hydrogens is 352 g/mol. The molecule has 1 aliphatic rings. The molecule has 5 heteroatoms. The molecule has 3 aromatic rings. The summed E-state index contributed by atoms with van der Waals surface area (Å²) < 4.78 is 5.27. The average Bonchev–Trinajstić information content (AvgIpc) is 2.91. The SMILES string of the molecule is O=C(OCCC(=O)N1c2ccccc2CCc2ccccc21)c1cccnc1. The number of hydrogen-bond donors (Lipinski definition) is 0. The molecule has 0 fully saturated rings. The number of ether oxygens (including phenoxy) is 1. The fourth-order valence-corrected chi connectivity index (χ4v) is 3.46. The largest absolute Gasteiger partial charge is 0.462 e. The topological polar surface area (TPSA) is 59.5 Å². The van der Waals surface area contributed by atoms with Crippen LogP contribution >= 0.6 is 0 Å². The molecule has 0 spiro atoms. The number of aromatic nitrogens is 1. The molecule has 0 bridgehead atoms. The lowest BCUT2D eigenvalue weighted by Crippen LogP contribution is -2.28. The third kappa shape index (κ3) is 3.64. The molecule has 0 atom stereocenters. The number of esters is 1. The molecule has 140 valence electrons. The Morgan fingerprint density at radius 3 is 2.14 bits per heavy atom. The van der Waals surface area contributed by atoms with E-state index in [4.69, 9.17) is 4.74 Å². The van der Waals surface area contributed by atoms with Crippen molar-refractivity contribution in [3.8, 4) is 0 Å². The standard InChI is InChI=1S/C23H20N2O3/c26-22(13-15-28-23(27)19-8-5-14-24-16-19)25-20-9-3-1-6-17(20)11-12-18-7-2-4-10-21(18)25/h1-10,14,16H,11-13,15H2. The van der Waals surface area contributed by atoms with Crippen LogP contribution in [0, 0.1) is 0 Å². The van der Waals surface area contributed by atoms with E-state index in [1.165, 1.54) is 6.20 Å². The molecule has 2 aromatic carbocycles. The van der Waals surface area contributed by atoms with E-state index in [9.17, 15) is 9.59 Å². The van der Waals surface area contributed by atoms with Gasteiger partial charge in [-0.3, -0.25) is 14.7 Å². The van der Waals surface area contributed by atoms with Gasteiger partial charge in [-0.1, -0.05) is 36.4 Å². The molecule has 5 nitrogen and oxygen atoms in total. The number of para-hydroxylation sites is 2. The number of benzene rings is 2. The van der Waals surface area contributed by atoms with Crippen LogP contribution in [0.2, 0.25) is 0 Å². The summed E-state index contributed by atoms with van der Waals surface area (Å²) in [6, 6.07) is 19.2. The van der Waals surface area contributed by atoms with Crippen molar-refractivity contribution in [2.45, 2.75) is 19.3 Å². The first-order valence-corrected chi connectivity index (χ1v) is 9.30. The Morgan fingerprint density at radius 2 is 1.54 bits per heavy atom. The van der Waals surface area contributed by atoms with Gasteiger partial charge in [0.1, 0.15) is 6.61 Å². The minimum Gasteiger partial charge on any atom is -0.462 e. The second kappa shape index (κ2) is 8.05. The quantitative estimate of drug-likeness (QED) is 0.647. The monoisotopic (exact) mass is 372 g/mol. The summed E-state index contributed by atoms with van der Waals surface area (Å²) in [5.74, 6) is -0.571. The molecule has 0 radical (unpaired) electrons. The van der Waals surface area contributed by atoms with Crippen LogP contribution in [0.1, 0.15) is 27.9 Å². The number of rotatable bonds is 4. The zero-order valence-corrected chi connectivity index (χ0v) is 15.4. The van der Waals surface area contributed by atoms with Crippen LogP contribution in [-0.2, 0) is 22.4 Å². The van der Waals surface area contributed by atoms with Gasteiger partial charge in [0.15, 0.2) is 0 Å². The lowest BCUT2D eigenvalue weighted by Gasteiger charge is -2.25. The van der Waals surface area contributed by atoms with Crippen LogP contribution in [0.3, 0.4) is 0 Å². The highest BCUT2D eigenvalue weighted by atomic mass is 16.5. The molecule has 0 N–H and O–H groups in total. The number of anilines is 2. The molecule has 0 aliphatic carbocycles. The van der Waals surface area contributed by atoms with Gasteiger partial charge >= 0.3 is 5.97 Å². The first kappa shape index (κ1) is 17.9. The second-order valence-electron chi connectivity index (χ2n) is 6.61. The predicted octanol–water partition coefficient (Wildman–Crippen LogP) is 4.09. The van der Waals surface area contributed by atoms with Crippen LogP contribution in [0.4, 0.5) is 11.4 Å². The van der Waals surface area contributed by atoms with Gasteiger partial charge in [-0.15, -0.1) is 0 Å². The van der Waals surface area contributed by atoms with Crippen molar-refractivity contribution < 1.29 is 14.3 Å². The van der Waals surface area contributed by atoms with E-state index < -0.39 is 5.97 Å². The van der Waals surface area contributed by atoms with E-state index in [0.29, 0.717) is 5.56 Å². The first-order valence-electron chi connectivity index (χ1n) is 9.30. The third-order valence-electron chi connectivity index (χ3n) is 4.82. The summed E-state index contributed by atoms with van der Waals surface area (Å²) in [6.45, 7) is 0.0212. The number of aryl methyl sites for hydroxylation is 2. The van der Waals surface area contributed by atoms with Gasteiger partial charge in [-0.2, -0.15) is 0 Å². The van der Waals surface area contributed by atoms with Crippen molar-refractivity contribution in [2.75, 3.05) is 11.5 Å². The lowest BCUT2D eigenvalue weighted by molar-refractivity contribution is -0.118. The Hall–Kier alpha value is -3.47. The number of carbonyl (C=O) groups excluding carboxylic acids is 2. The second-order valence-corrected chi connectivity index (χ2v) is 6.61. The highest BCUT2D eigenvalue weighted by molar-refractivity contribution is 6.02. The van der Waals surface area contributed by atoms with Crippen molar-refractivity contribution in [3.63, 3.8) is 0 Å². The minimum absolute atomic E-state index is 0.0212. The molecule has 1 amide bonds. The van der Waals surface area contributed by atoms with Crippen LogP contribution in [-0.4, -0.2) is 23.5 Å². The number of pyridine rings is 1. The smallest absolute Gasteiger partial charge is 0.339 e. The Labute approximate surface area is 163 Å². The van der Waals surface area contributed by atoms with Gasteiger partial charge < -0.3 is 4.74 Å². The third-order valence-corrected chi connectivity index (χ3v) is 4.82. The van der Waals surface area contributed by atoms with Crippen LogP contribution in [0.25, 0.3) is 0 Å². The van der Waals surface area contributed by atoms with Crippen LogP contribution < -0.4 is 4.90 Å². The maximum atomic E-state index is 13.1. The number of carbonyl (C=O) groups is 2. The lowest BCUT2D eigenvalue weighted by atomic mass is 10.0. The van der Waals surface area contributed by atoms with Crippen LogP contribution in [0.15, 0.2) is 73.1 Å². The van der Waals surface area contributed by atoms with E-state index >= 15 is 0 Å². The summed E-state index contributed by atoms with van der Waals surface area (Å²) in [5.41, 5.74) is 4.45. The molecule has 4 rings (SSSR count). The van der Waals surface area contributed by atoms with E-state index in [-0.39, 0.29) is 18.9 Å². The molecule has 0 saturated heterocycles. The predicted molar refractivity (Wildman–Crippen MR) is 107 cm³/mol. The highest BCUT2D eigenvalue weighted by Gasteiger charge is 2.25. The molecule has 1 aliphatic heterocycles. The summed E-state index contributed by atoms with van der Waals surface area (Å²) in [4.78, 5) is 30.9. The van der Waals surface area contributed by atoms with E-state index in [1.54, 1.807) is 23.2 Å². The van der Waals surface area contributed by atoms with Crippen molar-refractivity contribution in [2.24, 2.45) is 0 Å². The zero-order chi connectivity index (χ0) is 19.3. The van der Waals surface area contributed by atoms with E-state index in [1.807, 2.05) is 36.4 Å². The number of hydrogen-bond acceptors (Lipinski definition) is 4. The summed E-state index contributed by atoms with van der Waals surface area (Å²) in [7, 11) is 0.